The Balaban J connectivity index is 2.03. The Labute approximate surface area is 152 Å². The Morgan fingerprint density at radius 2 is 1.05 bits per heavy atom. The summed E-state index contributed by atoms with van der Waals surface area (Å²) in [5, 5.41) is -0.196. The lowest BCUT2D eigenvalue weighted by molar-refractivity contribution is 0.107. The molecule has 0 aromatic heterocycles. The van der Waals surface area contributed by atoms with Gasteiger partial charge in [0.25, 0.3) is 0 Å². The molecule has 2 aromatic carbocycles. The summed E-state index contributed by atoms with van der Waals surface area (Å²) < 4.78 is 1.79. The van der Waals surface area contributed by atoms with Crippen LogP contribution in [0.1, 0.15) is 20.7 Å². The molecule has 2 rings (SSSR count). The lowest BCUT2D eigenvalue weighted by Gasteiger charge is -2.03. The second kappa shape index (κ2) is 7.81. The Bertz CT molecular complexity index is 602. The monoisotopic (exact) mass is 526 g/mol. The summed E-state index contributed by atoms with van der Waals surface area (Å²) >= 11 is 4.24. The van der Waals surface area contributed by atoms with E-state index in [0.29, 0.717) is 11.1 Å². The molecule has 0 radical (unpaired) electrons. The lowest BCUT2D eigenvalue weighted by Crippen LogP contribution is -1.98. The molecule has 0 bridgehead atoms. The van der Waals surface area contributed by atoms with Crippen molar-refractivity contribution in [2.75, 3.05) is 0 Å². The molecule has 0 unspecified atom stereocenters. The van der Waals surface area contributed by atoms with E-state index >= 15 is 0 Å². The van der Waals surface area contributed by atoms with Crippen molar-refractivity contribution in [2.24, 2.45) is 0 Å². The fourth-order valence-corrected chi connectivity index (χ4v) is 4.73. The van der Waals surface area contributed by atoms with E-state index in [4.69, 9.17) is 0 Å². The van der Waals surface area contributed by atoms with E-state index < -0.39 is 0 Å². The third-order valence-corrected chi connectivity index (χ3v) is 6.25. The van der Waals surface area contributed by atoms with Gasteiger partial charge in [-0.25, -0.2) is 0 Å². The summed E-state index contributed by atoms with van der Waals surface area (Å²) in [7, 11) is 1.95. The molecular weight excluding hydrogens is 518 g/mol. The second-order valence-electron chi connectivity index (χ2n) is 3.70. The van der Waals surface area contributed by atoms with Gasteiger partial charge >= 0.3 is 0 Å². The Morgan fingerprint density at radius 1 is 0.700 bits per heavy atom. The number of benzene rings is 2. The molecule has 0 saturated heterocycles. The standard InChI is InChI=1S/C14H8I2O2S2/c15-11-7-3-1-5-9(11)13(17)19-20-14(18)10-6-2-4-8-12(10)16/h1-8H. The summed E-state index contributed by atoms with van der Waals surface area (Å²) in [6.45, 7) is 0. The van der Waals surface area contributed by atoms with Crippen LogP contribution >= 0.6 is 66.8 Å². The molecule has 0 fully saturated rings. The van der Waals surface area contributed by atoms with Crippen molar-refractivity contribution in [2.45, 2.75) is 0 Å². The molecule has 0 N–H and O–H groups in total. The predicted octanol–water partition coefficient (Wildman–Crippen LogP) is 5.26. The number of hydrogen-bond acceptors (Lipinski definition) is 4. The molecule has 0 aliphatic rings. The largest absolute Gasteiger partial charge is 0.281 e. The van der Waals surface area contributed by atoms with Crippen molar-refractivity contribution in [1.29, 1.82) is 0 Å². The fraction of sp³-hybridized carbons (Fsp3) is 0. The van der Waals surface area contributed by atoms with Crippen LogP contribution in [0.4, 0.5) is 0 Å². The molecule has 102 valence electrons. The average Bonchev–Trinajstić information content (AvgIpc) is 2.45. The van der Waals surface area contributed by atoms with Gasteiger partial charge in [-0.1, -0.05) is 24.3 Å². The van der Waals surface area contributed by atoms with Gasteiger partial charge in [0, 0.05) is 18.3 Å². The van der Waals surface area contributed by atoms with E-state index in [9.17, 15) is 9.59 Å². The van der Waals surface area contributed by atoms with E-state index in [-0.39, 0.29) is 10.2 Å². The van der Waals surface area contributed by atoms with Crippen molar-refractivity contribution < 1.29 is 9.59 Å². The number of rotatable bonds is 2. The highest BCUT2D eigenvalue weighted by Gasteiger charge is 2.16. The normalized spacial score (nSPS) is 10.3. The highest BCUT2D eigenvalue weighted by molar-refractivity contribution is 14.1. The smallest absolute Gasteiger partial charge is 0.231 e. The molecule has 2 nitrogen and oxygen atoms in total. The van der Waals surface area contributed by atoms with Crippen LogP contribution in [0.2, 0.25) is 0 Å². The van der Waals surface area contributed by atoms with Gasteiger partial charge in [0.2, 0.25) is 10.2 Å². The van der Waals surface area contributed by atoms with Crippen molar-refractivity contribution in [1.82, 2.24) is 0 Å². The molecule has 20 heavy (non-hydrogen) atoms. The Kier molecular flexibility index (Phi) is 6.37. The summed E-state index contributed by atoms with van der Waals surface area (Å²) in [6, 6.07) is 14.7. The van der Waals surface area contributed by atoms with Crippen LogP contribution in [-0.2, 0) is 0 Å². The third kappa shape index (κ3) is 4.22. The number of carbonyl (C=O) groups excluding carboxylic acids is 2. The predicted molar refractivity (Wildman–Crippen MR) is 102 cm³/mol. The molecule has 0 spiro atoms. The summed E-state index contributed by atoms with van der Waals surface area (Å²) in [6.07, 6.45) is 0. The molecule has 0 amide bonds. The van der Waals surface area contributed by atoms with E-state index in [2.05, 4.69) is 45.2 Å². The van der Waals surface area contributed by atoms with Crippen LogP contribution in [-0.4, -0.2) is 10.2 Å². The van der Waals surface area contributed by atoms with Crippen molar-refractivity contribution in [3.8, 4) is 0 Å². The minimum absolute atomic E-state index is 0.0979. The maximum atomic E-state index is 12.1. The van der Waals surface area contributed by atoms with E-state index in [0.717, 1.165) is 28.7 Å². The van der Waals surface area contributed by atoms with Crippen LogP contribution < -0.4 is 0 Å². The lowest BCUT2D eigenvalue weighted by atomic mass is 10.2. The molecule has 6 heteroatoms. The minimum Gasteiger partial charge on any atom is -0.281 e. The molecule has 0 saturated carbocycles. The highest BCUT2D eigenvalue weighted by Crippen LogP contribution is 2.31. The van der Waals surface area contributed by atoms with Gasteiger partial charge in [0.1, 0.15) is 0 Å². The zero-order valence-electron chi connectivity index (χ0n) is 10.0. The zero-order valence-corrected chi connectivity index (χ0v) is 16.0. The van der Waals surface area contributed by atoms with Crippen LogP contribution in [0.3, 0.4) is 0 Å². The maximum absolute atomic E-state index is 12.1. The zero-order chi connectivity index (χ0) is 14.5. The van der Waals surface area contributed by atoms with Gasteiger partial charge in [-0.3, -0.25) is 9.59 Å². The van der Waals surface area contributed by atoms with Crippen molar-refractivity contribution in [3.63, 3.8) is 0 Å². The van der Waals surface area contributed by atoms with E-state index in [1.165, 1.54) is 0 Å². The highest BCUT2D eigenvalue weighted by atomic mass is 127. The van der Waals surface area contributed by atoms with Gasteiger partial charge in [0.15, 0.2) is 0 Å². The van der Waals surface area contributed by atoms with Gasteiger partial charge in [0.05, 0.1) is 0 Å². The summed E-state index contributed by atoms with van der Waals surface area (Å²) in [5.41, 5.74) is 1.28. The Hall–Kier alpha value is -0.0600. The van der Waals surface area contributed by atoms with Crippen molar-refractivity contribution >= 4 is 77.0 Å². The summed E-state index contributed by atoms with van der Waals surface area (Å²) in [4.78, 5) is 24.1. The van der Waals surface area contributed by atoms with Gasteiger partial charge in [-0.15, -0.1) is 0 Å². The Morgan fingerprint density at radius 3 is 1.40 bits per heavy atom. The number of hydrogen-bond donors (Lipinski definition) is 0. The first-order valence-corrected chi connectivity index (χ1v) is 9.82. The number of carbonyl (C=O) groups is 2. The first-order chi connectivity index (χ1) is 9.59. The molecule has 2 aromatic rings. The molecular formula is C14H8I2O2S2. The summed E-state index contributed by atoms with van der Waals surface area (Å²) in [5.74, 6) is 0. The van der Waals surface area contributed by atoms with Gasteiger partial charge in [-0.05, 0) is 91.0 Å². The quantitative estimate of drug-likeness (QED) is 0.396. The van der Waals surface area contributed by atoms with Crippen LogP contribution in [0.15, 0.2) is 48.5 Å². The molecule has 0 aliphatic heterocycles. The van der Waals surface area contributed by atoms with Crippen LogP contribution in [0, 0.1) is 7.14 Å². The average molecular weight is 526 g/mol. The third-order valence-electron chi connectivity index (χ3n) is 2.38. The maximum Gasteiger partial charge on any atom is 0.231 e. The first kappa shape index (κ1) is 16.3. The van der Waals surface area contributed by atoms with E-state index in [1.54, 1.807) is 12.1 Å². The minimum atomic E-state index is -0.0979. The molecule has 0 aliphatic carbocycles. The topological polar surface area (TPSA) is 34.1 Å². The second-order valence-corrected chi connectivity index (χ2v) is 8.10. The first-order valence-electron chi connectivity index (χ1n) is 5.52. The van der Waals surface area contributed by atoms with Crippen LogP contribution in [0.5, 0.6) is 0 Å². The SMILES string of the molecule is O=C(SSC(=O)c1ccccc1I)c1ccccc1I. The van der Waals surface area contributed by atoms with Crippen LogP contribution in [0.25, 0.3) is 0 Å². The fourth-order valence-electron chi connectivity index (χ4n) is 1.42. The molecule has 0 heterocycles. The number of halogens is 2. The van der Waals surface area contributed by atoms with Gasteiger partial charge < -0.3 is 0 Å². The van der Waals surface area contributed by atoms with Crippen molar-refractivity contribution in [3.05, 3.63) is 66.8 Å². The van der Waals surface area contributed by atoms with E-state index in [1.807, 2.05) is 36.4 Å². The molecule has 0 atom stereocenters. The van der Waals surface area contributed by atoms with Gasteiger partial charge in [-0.2, -0.15) is 0 Å².